The lowest BCUT2D eigenvalue weighted by Crippen LogP contribution is -2.20. The highest BCUT2D eigenvalue weighted by Gasteiger charge is 2.12. The number of anilines is 1. The van der Waals surface area contributed by atoms with E-state index in [0.717, 1.165) is 5.69 Å². The van der Waals surface area contributed by atoms with Crippen molar-refractivity contribution in [1.82, 2.24) is 0 Å². The topological polar surface area (TPSA) is 38.3 Å². The second-order valence-corrected chi connectivity index (χ2v) is 5.49. The highest BCUT2D eigenvalue weighted by Crippen LogP contribution is 2.21. The molecule has 0 bridgehead atoms. The maximum atomic E-state index is 11.7. The zero-order chi connectivity index (χ0) is 14.2. The first kappa shape index (κ1) is 14.9. The Morgan fingerprint density at radius 1 is 1.20 bits per heavy atom. The van der Waals surface area contributed by atoms with Crippen LogP contribution >= 0.6 is 0 Å². The van der Waals surface area contributed by atoms with E-state index in [0.29, 0.717) is 18.2 Å². The molecule has 0 unspecified atom stereocenters. The molecule has 3 heteroatoms. The van der Waals surface area contributed by atoms with Crippen LogP contribution in [0.4, 0.5) is 5.69 Å². The van der Waals surface area contributed by atoms with Gasteiger partial charge in [-0.1, -0.05) is 38.2 Å². The van der Waals surface area contributed by atoms with E-state index in [4.69, 9.17) is 4.74 Å². The van der Waals surface area contributed by atoms with Crippen molar-refractivity contribution in [2.24, 2.45) is 0 Å². The van der Waals surface area contributed by atoms with E-state index >= 15 is 0 Å². The van der Waals surface area contributed by atoms with Crippen molar-refractivity contribution in [1.29, 1.82) is 0 Å². The van der Waals surface area contributed by atoms with Gasteiger partial charge in [-0.3, -0.25) is 0 Å². The fourth-order valence-corrected chi connectivity index (χ4v) is 2.79. The van der Waals surface area contributed by atoms with Crippen molar-refractivity contribution in [3.63, 3.8) is 0 Å². The SMILES string of the molecule is CCOC(=O)c1cccc(NC2CCCCCCC2)c1. The molecule has 0 aromatic heterocycles. The van der Waals surface area contributed by atoms with Crippen LogP contribution in [0.3, 0.4) is 0 Å². The van der Waals surface area contributed by atoms with Crippen LogP contribution in [0.1, 0.15) is 62.2 Å². The fourth-order valence-electron chi connectivity index (χ4n) is 2.79. The largest absolute Gasteiger partial charge is 0.462 e. The summed E-state index contributed by atoms with van der Waals surface area (Å²) < 4.78 is 5.04. The fraction of sp³-hybridized carbons (Fsp3) is 0.588. The Morgan fingerprint density at radius 2 is 1.90 bits per heavy atom. The van der Waals surface area contributed by atoms with Gasteiger partial charge < -0.3 is 10.1 Å². The third-order valence-corrected chi connectivity index (χ3v) is 3.85. The normalized spacial score (nSPS) is 17.1. The number of carbonyl (C=O) groups is 1. The smallest absolute Gasteiger partial charge is 0.338 e. The molecule has 0 heterocycles. The van der Waals surface area contributed by atoms with Gasteiger partial charge in [0.2, 0.25) is 0 Å². The van der Waals surface area contributed by atoms with Crippen molar-refractivity contribution < 1.29 is 9.53 Å². The van der Waals surface area contributed by atoms with Crippen LogP contribution in [0.2, 0.25) is 0 Å². The first-order valence-corrected chi connectivity index (χ1v) is 7.83. The Kier molecular flexibility index (Phi) is 5.90. The first-order chi connectivity index (χ1) is 9.79. The number of ether oxygens (including phenoxy) is 1. The third kappa shape index (κ3) is 4.55. The highest BCUT2D eigenvalue weighted by molar-refractivity contribution is 5.90. The van der Waals surface area contributed by atoms with E-state index in [1.54, 1.807) is 6.07 Å². The van der Waals surface area contributed by atoms with Crippen LogP contribution in [-0.4, -0.2) is 18.6 Å². The van der Waals surface area contributed by atoms with E-state index in [9.17, 15) is 4.79 Å². The number of nitrogens with one attached hydrogen (secondary N) is 1. The van der Waals surface area contributed by atoms with Crippen molar-refractivity contribution >= 4 is 11.7 Å². The average Bonchev–Trinajstić information content (AvgIpc) is 2.42. The number of hydrogen-bond donors (Lipinski definition) is 1. The average molecular weight is 275 g/mol. The Labute approximate surface area is 121 Å². The Hall–Kier alpha value is -1.51. The first-order valence-electron chi connectivity index (χ1n) is 7.83. The number of rotatable bonds is 4. The molecular formula is C17H25NO2. The Bertz CT molecular complexity index is 423. The summed E-state index contributed by atoms with van der Waals surface area (Å²) in [4.78, 5) is 11.7. The third-order valence-electron chi connectivity index (χ3n) is 3.85. The molecule has 2 rings (SSSR count). The molecule has 1 aromatic rings. The molecule has 0 aliphatic heterocycles. The van der Waals surface area contributed by atoms with Crippen molar-refractivity contribution in [2.45, 2.75) is 57.9 Å². The summed E-state index contributed by atoms with van der Waals surface area (Å²) in [6, 6.07) is 8.18. The molecule has 1 saturated carbocycles. The van der Waals surface area contributed by atoms with Gasteiger partial charge in [0.05, 0.1) is 12.2 Å². The molecule has 0 spiro atoms. The Morgan fingerprint density at radius 3 is 2.60 bits per heavy atom. The second kappa shape index (κ2) is 7.93. The summed E-state index contributed by atoms with van der Waals surface area (Å²) in [5.74, 6) is -0.242. The molecule has 1 aliphatic carbocycles. The maximum absolute atomic E-state index is 11.7. The van der Waals surface area contributed by atoms with Crippen molar-refractivity contribution in [3.8, 4) is 0 Å². The lowest BCUT2D eigenvalue weighted by atomic mass is 9.96. The van der Waals surface area contributed by atoms with E-state index in [1.807, 2.05) is 25.1 Å². The predicted molar refractivity (Wildman–Crippen MR) is 82.1 cm³/mol. The summed E-state index contributed by atoms with van der Waals surface area (Å²) in [7, 11) is 0. The van der Waals surface area contributed by atoms with Crippen LogP contribution in [0, 0.1) is 0 Å². The lowest BCUT2D eigenvalue weighted by Gasteiger charge is -2.22. The van der Waals surface area contributed by atoms with Gasteiger partial charge in [-0.15, -0.1) is 0 Å². The van der Waals surface area contributed by atoms with Crippen LogP contribution in [0.25, 0.3) is 0 Å². The molecule has 110 valence electrons. The molecule has 0 atom stereocenters. The van der Waals surface area contributed by atoms with E-state index < -0.39 is 0 Å². The minimum atomic E-state index is -0.242. The zero-order valence-corrected chi connectivity index (χ0v) is 12.4. The quantitative estimate of drug-likeness (QED) is 0.828. The monoisotopic (exact) mass is 275 g/mol. The minimum absolute atomic E-state index is 0.242. The lowest BCUT2D eigenvalue weighted by molar-refractivity contribution is 0.0526. The number of benzene rings is 1. The summed E-state index contributed by atoms with van der Waals surface area (Å²) >= 11 is 0. The van der Waals surface area contributed by atoms with Crippen LogP contribution in [0.15, 0.2) is 24.3 Å². The molecule has 0 saturated heterocycles. The molecule has 1 N–H and O–H groups in total. The van der Waals surface area contributed by atoms with Gasteiger partial charge in [0, 0.05) is 11.7 Å². The summed E-state index contributed by atoms with van der Waals surface area (Å²) in [6.45, 7) is 2.24. The van der Waals surface area contributed by atoms with Crippen LogP contribution < -0.4 is 5.32 Å². The molecule has 1 aromatic carbocycles. The highest BCUT2D eigenvalue weighted by atomic mass is 16.5. The summed E-state index contributed by atoms with van der Waals surface area (Å²) in [5, 5.41) is 3.58. The van der Waals surface area contributed by atoms with E-state index in [-0.39, 0.29) is 5.97 Å². The van der Waals surface area contributed by atoms with E-state index in [1.165, 1.54) is 44.9 Å². The van der Waals surface area contributed by atoms with Crippen LogP contribution in [0.5, 0.6) is 0 Å². The van der Waals surface area contributed by atoms with Gasteiger partial charge in [0.25, 0.3) is 0 Å². The Balaban J connectivity index is 1.97. The molecule has 0 amide bonds. The zero-order valence-electron chi connectivity index (χ0n) is 12.4. The van der Waals surface area contributed by atoms with Gasteiger partial charge in [-0.25, -0.2) is 4.79 Å². The predicted octanol–water partition coefficient (Wildman–Crippen LogP) is 4.39. The van der Waals surface area contributed by atoms with Gasteiger partial charge in [0.1, 0.15) is 0 Å². The van der Waals surface area contributed by atoms with Gasteiger partial charge in [0.15, 0.2) is 0 Å². The molecule has 20 heavy (non-hydrogen) atoms. The summed E-state index contributed by atoms with van der Waals surface area (Å²) in [6.07, 6.45) is 9.13. The van der Waals surface area contributed by atoms with Crippen molar-refractivity contribution in [3.05, 3.63) is 29.8 Å². The minimum Gasteiger partial charge on any atom is -0.462 e. The van der Waals surface area contributed by atoms with E-state index in [2.05, 4.69) is 5.32 Å². The number of carbonyl (C=O) groups excluding carboxylic acids is 1. The standard InChI is InChI=1S/C17H25NO2/c1-2-20-17(19)14-9-8-12-16(13-14)18-15-10-6-4-3-5-7-11-15/h8-9,12-13,15,18H,2-7,10-11H2,1H3. The molecule has 1 fully saturated rings. The van der Waals surface area contributed by atoms with Crippen LogP contribution in [-0.2, 0) is 4.74 Å². The summed E-state index contributed by atoms with van der Waals surface area (Å²) in [5.41, 5.74) is 1.66. The molecule has 0 radical (unpaired) electrons. The van der Waals surface area contributed by atoms with Gasteiger partial charge in [-0.2, -0.15) is 0 Å². The molecular weight excluding hydrogens is 250 g/mol. The maximum Gasteiger partial charge on any atom is 0.338 e. The molecule has 3 nitrogen and oxygen atoms in total. The molecule has 1 aliphatic rings. The number of esters is 1. The van der Waals surface area contributed by atoms with Gasteiger partial charge >= 0.3 is 5.97 Å². The van der Waals surface area contributed by atoms with Crippen molar-refractivity contribution in [2.75, 3.05) is 11.9 Å². The van der Waals surface area contributed by atoms with Gasteiger partial charge in [-0.05, 0) is 38.0 Å². The number of hydrogen-bond acceptors (Lipinski definition) is 3. The second-order valence-electron chi connectivity index (χ2n) is 5.49.